The summed E-state index contributed by atoms with van der Waals surface area (Å²) in [6, 6.07) is 5.60. The average Bonchev–Trinajstić information content (AvgIpc) is 3.18. The third-order valence-corrected chi connectivity index (χ3v) is 5.94. The van der Waals surface area contributed by atoms with E-state index in [0.717, 1.165) is 34.2 Å². The fraction of sp³-hybridized carbons (Fsp3) is 0.312. The van der Waals surface area contributed by atoms with Crippen LogP contribution in [0.2, 0.25) is 0 Å². The number of hydrogen-bond donors (Lipinski definition) is 1. The molecule has 3 aromatic rings. The number of anilines is 1. The molecule has 0 spiro atoms. The molecule has 1 aliphatic rings. The minimum absolute atomic E-state index is 0.0873. The predicted octanol–water partition coefficient (Wildman–Crippen LogP) is 4.69. The van der Waals surface area contributed by atoms with Gasteiger partial charge in [0.2, 0.25) is 11.7 Å². The Labute approximate surface area is 141 Å². The molecule has 1 saturated carbocycles. The molecule has 0 aliphatic heterocycles. The van der Waals surface area contributed by atoms with Gasteiger partial charge in [-0.1, -0.05) is 17.6 Å². The van der Waals surface area contributed by atoms with Crippen LogP contribution in [0.3, 0.4) is 0 Å². The van der Waals surface area contributed by atoms with Gasteiger partial charge in [-0.3, -0.25) is 4.79 Å². The Morgan fingerprint density at radius 2 is 2.30 bits per heavy atom. The quantitative estimate of drug-likeness (QED) is 0.745. The number of amides is 1. The molecular weight excluding hydrogens is 330 g/mol. The second-order valence-electron chi connectivity index (χ2n) is 5.60. The number of rotatable bonds is 4. The van der Waals surface area contributed by atoms with Crippen LogP contribution in [0.15, 0.2) is 28.1 Å². The van der Waals surface area contributed by atoms with Crippen molar-refractivity contribution in [2.24, 2.45) is 0 Å². The van der Waals surface area contributed by atoms with Crippen molar-refractivity contribution in [3.63, 3.8) is 0 Å². The fourth-order valence-corrected chi connectivity index (χ4v) is 3.98. The number of aryl methyl sites for hydroxylation is 1. The zero-order chi connectivity index (χ0) is 15.8. The summed E-state index contributed by atoms with van der Waals surface area (Å²) in [5.41, 5.74) is 0.804. The van der Waals surface area contributed by atoms with Crippen LogP contribution in [-0.4, -0.2) is 16.0 Å². The molecule has 0 bridgehead atoms. The molecule has 23 heavy (non-hydrogen) atoms. The van der Waals surface area contributed by atoms with E-state index in [-0.39, 0.29) is 5.91 Å². The minimum atomic E-state index is -0.0873. The number of nitrogens with zero attached hydrogens (tertiary/aromatic N) is 2. The minimum Gasteiger partial charge on any atom is -0.339 e. The van der Waals surface area contributed by atoms with Crippen molar-refractivity contribution < 1.29 is 9.32 Å². The first kappa shape index (κ1) is 14.6. The zero-order valence-corrected chi connectivity index (χ0v) is 14.2. The summed E-state index contributed by atoms with van der Waals surface area (Å²) in [5, 5.41) is 8.93. The molecule has 118 valence electrons. The molecule has 0 atom stereocenters. The van der Waals surface area contributed by atoms with Gasteiger partial charge in [0, 0.05) is 10.8 Å². The van der Waals surface area contributed by atoms with Gasteiger partial charge in [-0.2, -0.15) is 4.98 Å². The summed E-state index contributed by atoms with van der Waals surface area (Å²) >= 11 is 2.99. The highest BCUT2D eigenvalue weighted by Gasteiger charge is 2.26. The fourth-order valence-electron chi connectivity index (χ4n) is 2.46. The third kappa shape index (κ3) is 2.82. The van der Waals surface area contributed by atoms with Crippen molar-refractivity contribution in [1.29, 1.82) is 0 Å². The summed E-state index contributed by atoms with van der Waals surface area (Å²) < 4.78 is 5.37. The molecule has 0 unspecified atom stereocenters. The predicted molar refractivity (Wildman–Crippen MR) is 91.2 cm³/mol. The highest BCUT2D eigenvalue weighted by Crippen LogP contribution is 2.38. The molecule has 1 N–H and O–H groups in total. The zero-order valence-electron chi connectivity index (χ0n) is 12.5. The maximum atomic E-state index is 12.2. The Hall–Kier alpha value is -1.99. The average molecular weight is 345 g/mol. The van der Waals surface area contributed by atoms with E-state index in [1.807, 2.05) is 30.5 Å². The molecule has 0 aromatic carbocycles. The van der Waals surface area contributed by atoms with E-state index in [0.29, 0.717) is 16.6 Å². The Balaban J connectivity index is 1.54. The summed E-state index contributed by atoms with van der Waals surface area (Å²) in [6.45, 7) is 1.98. The Morgan fingerprint density at radius 3 is 3.00 bits per heavy atom. The second-order valence-corrected chi connectivity index (χ2v) is 7.80. The molecule has 1 amide bonds. The van der Waals surface area contributed by atoms with Gasteiger partial charge in [0.15, 0.2) is 0 Å². The molecule has 0 radical (unpaired) electrons. The first-order valence-electron chi connectivity index (χ1n) is 7.50. The lowest BCUT2D eigenvalue weighted by Crippen LogP contribution is -2.09. The van der Waals surface area contributed by atoms with Crippen LogP contribution < -0.4 is 5.32 Å². The van der Waals surface area contributed by atoms with E-state index in [9.17, 15) is 4.79 Å². The number of nitrogens with one attached hydrogen (secondary N) is 1. The van der Waals surface area contributed by atoms with Gasteiger partial charge in [-0.05, 0) is 37.3 Å². The SMILES string of the molecule is Cc1sc(-c2noc(C3CCC3)n2)cc1NC(=O)c1cccs1. The van der Waals surface area contributed by atoms with E-state index in [2.05, 4.69) is 15.5 Å². The largest absolute Gasteiger partial charge is 0.339 e. The number of carbonyl (C=O) groups is 1. The lowest BCUT2D eigenvalue weighted by molar-refractivity contribution is 0.103. The standard InChI is InChI=1S/C16H15N3O2S2/c1-9-11(17-15(20)12-6-3-7-22-12)8-13(23-9)14-18-16(21-19-14)10-4-2-5-10/h3,6-8,10H,2,4-5H2,1H3,(H,17,20). The molecule has 7 heteroatoms. The lowest BCUT2D eigenvalue weighted by Gasteiger charge is -2.20. The molecule has 3 heterocycles. The highest BCUT2D eigenvalue weighted by molar-refractivity contribution is 7.16. The maximum absolute atomic E-state index is 12.2. The molecular formula is C16H15N3O2S2. The molecule has 5 nitrogen and oxygen atoms in total. The highest BCUT2D eigenvalue weighted by atomic mass is 32.1. The lowest BCUT2D eigenvalue weighted by atomic mass is 9.85. The molecule has 1 fully saturated rings. The summed E-state index contributed by atoms with van der Waals surface area (Å²) in [4.78, 5) is 19.3. The molecule has 0 saturated heterocycles. The maximum Gasteiger partial charge on any atom is 0.265 e. The normalized spacial score (nSPS) is 14.7. The van der Waals surface area contributed by atoms with E-state index in [1.54, 1.807) is 11.3 Å². The monoisotopic (exact) mass is 345 g/mol. The van der Waals surface area contributed by atoms with Crippen LogP contribution in [0, 0.1) is 6.92 Å². The first-order chi connectivity index (χ1) is 11.2. The van der Waals surface area contributed by atoms with E-state index < -0.39 is 0 Å². The van der Waals surface area contributed by atoms with Crippen molar-refractivity contribution >= 4 is 34.3 Å². The second kappa shape index (κ2) is 5.90. The summed E-state index contributed by atoms with van der Waals surface area (Å²) in [5.74, 6) is 1.68. The first-order valence-corrected chi connectivity index (χ1v) is 9.19. The third-order valence-electron chi connectivity index (χ3n) is 4.03. The van der Waals surface area contributed by atoms with Gasteiger partial charge >= 0.3 is 0 Å². The molecule has 3 aromatic heterocycles. The Bertz CT molecular complexity index is 832. The Kier molecular flexibility index (Phi) is 3.74. The molecule has 4 rings (SSSR count). The van der Waals surface area contributed by atoms with Crippen LogP contribution in [0.5, 0.6) is 0 Å². The number of hydrogen-bond acceptors (Lipinski definition) is 6. The van der Waals surface area contributed by atoms with Gasteiger partial charge in [0.05, 0.1) is 15.4 Å². The van der Waals surface area contributed by atoms with Crippen molar-refractivity contribution in [2.75, 3.05) is 5.32 Å². The summed E-state index contributed by atoms with van der Waals surface area (Å²) in [6.07, 6.45) is 3.50. The van der Waals surface area contributed by atoms with Gasteiger partial charge in [-0.25, -0.2) is 0 Å². The smallest absolute Gasteiger partial charge is 0.265 e. The van der Waals surface area contributed by atoms with Gasteiger partial charge in [0.1, 0.15) is 0 Å². The van der Waals surface area contributed by atoms with Crippen LogP contribution in [-0.2, 0) is 0 Å². The van der Waals surface area contributed by atoms with Gasteiger partial charge in [-0.15, -0.1) is 22.7 Å². The van der Waals surface area contributed by atoms with Crippen LogP contribution in [0.4, 0.5) is 5.69 Å². The number of carbonyl (C=O) groups excluding carboxylic acids is 1. The van der Waals surface area contributed by atoms with Gasteiger partial charge < -0.3 is 9.84 Å². The van der Waals surface area contributed by atoms with Crippen LogP contribution in [0.25, 0.3) is 10.7 Å². The van der Waals surface area contributed by atoms with E-state index >= 15 is 0 Å². The van der Waals surface area contributed by atoms with E-state index in [1.165, 1.54) is 17.8 Å². The number of thiophene rings is 2. The van der Waals surface area contributed by atoms with Crippen LogP contribution in [0.1, 0.15) is 45.6 Å². The summed E-state index contributed by atoms with van der Waals surface area (Å²) in [7, 11) is 0. The van der Waals surface area contributed by atoms with Crippen molar-refractivity contribution in [1.82, 2.24) is 10.1 Å². The van der Waals surface area contributed by atoms with Crippen molar-refractivity contribution in [3.05, 3.63) is 39.2 Å². The Morgan fingerprint density at radius 1 is 1.43 bits per heavy atom. The topological polar surface area (TPSA) is 68.0 Å². The van der Waals surface area contributed by atoms with Crippen molar-refractivity contribution in [3.8, 4) is 10.7 Å². The van der Waals surface area contributed by atoms with E-state index in [4.69, 9.17) is 4.52 Å². The number of aromatic nitrogens is 2. The van der Waals surface area contributed by atoms with Crippen LogP contribution >= 0.6 is 22.7 Å². The van der Waals surface area contributed by atoms with Gasteiger partial charge in [0.25, 0.3) is 5.91 Å². The molecule has 1 aliphatic carbocycles. The van der Waals surface area contributed by atoms with Crippen molar-refractivity contribution in [2.45, 2.75) is 32.1 Å².